The van der Waals surface area contributed by atoms with E-state index in [-0.39, 0.29) is 0 Å². The normalized spacial score (nSPS) is 12.5. The van der Waals surface area contributed by atoms with Crippen LogP contribution in [0.15, 0.2) is 54.9 Å². The average Bonchev–Trinajstić information content (AvgIpc) is 3.10. The SMILES string of the molecule is COc1nc2ccc(C)cc2cc1CNCC(O)Cn1cnc2ccccc21. The van der Waals surface area contributed by atoms with E-state index in [9.17, 15) is 5.11 Å². The van der Waals surface area contributed by atoms with E-state index in [0.717, 1.165) is 27.5 Å². The highest BCUT2D eigenvalue weighted by Crippen LogP contribution is 2.23. The number of imidazole rings is 1. The second kappa shape index (κ2) is 7.96. The van der Waals surface area contributed by atoms with Gasteiger partial charge < -0.3 is 19.7 Å². The molecule has 6 nitrogen and oxygen atoms in total. The average molecular weight is 376 g/mol. The summed E-state index contributed by atoms with van der Waals surface area (Å²) in [4.78, 5) is 8.96. The van der Waals surface area contributed by atoms with Crippen molar-refractivity contribution in [1.29, 1.82) is 0 Å². The number of aliphatic hydroxyl groups is 1. The zero-order chi connectivity index (χ0) is 19.5. The van der Waals surface area contributed by atoms with Crippen LogP contribution in [0.4, 0.5) is 0 Å². The number of aromatic nitrogens is 3. The fourth-order valence-corrected chi connectivity index (χ4v) is 3.45. The summed E-state index contributed by atoms with van der Waals surface area (Å²) in [7, 11) is 1.63. The molecule has 0 aliphatic carbocycles. The topological polar surface area (TPSA) is 72.2 Å². The fourth-order valence-electron chi connectivity index (χ4n) is 3.45. The molecular formula is C22H24N4O2. The molecule has 4 rings (SSSR count). The Bertz CT molecular complexity index is 1110. The standard InChI is InChI=1S/C22H24N4O2/c1-15-7-8-19-16(9-15)10-17(22(25-19)28-2)11-23-12-18(27)13-26-14-24-20-5-3-4-6-21(20)26/h3-10,14,18,23,27H,11-13H2,1-2H3. The van der Waals surface area contributed by atoms with Crippen LogP contribution in [0.3, 0.4) is 0 Å². The van der Waals surface area contributed by atoms with E-state index in [0.29, 0.717) is 25.5 Å². The van der Waals surface area contributed by atoms with Gasteiger partial charge in [0.2, 0.25) is 5.88 Å². The monoisotopic (exact) mass is 376 g/mol. The Morgan fingerprint density at radius 3 is 2.86 bits per heavy atom. The minimum Gasteiger partial charge on any atom is -0.481 e. The van der Waals surface area contributed by atoms with Crippen LogP contribution in [0, 0.1) is 6.92 Å². The van der Waals surface area contributed by atoms with E-state index in [2.05, 4.69) is 34.3 Å². The third-order valence-corrected chi connectivity index (χ3v) is 4.83. The maximum absolute atomic E-state index is 10.4. The maximum atomic E-state index is 10.4. The Morgan fingerprint density at radius 1 is 1.14 bits per heavy atom. The molecule has 4 aromatic rings. The van der Waals surface area contributed by atoms with Gasteiger partial charge in [-0.1, -0.05) is 23.8 Å². The summed E-state index contributed by atoms with van der Waals surface area (Å²) < 4.78 is 7.42. The summed E-state index contributed by atoms with van der Waals surface area (Å²) in [5.41, 5.74) is 5.04. The van der Waals surface area contributed by atoms with Gasteiger partial charge in [-0.15, -0.1) is 0 Å². The zero-order valence-electron chi connectivity index (χ0n) is 16.1. The molecule has 0 saturated carbocycles. The zero-order valence-corrected chi connectivity index (χ0v) is 16.1. The first-order chi connectivity index (χ1) is 13.6. The van der Waals surface area contributed by atoms with Crippen LogP contribution < -0.4 is 10.1 Å². The van der Waals surface area contributed by atoms with Gasteiger partial charge in [-0.25, -0.2) is 9.97 Å². The Morgan fingerprint density at radius 2 is 2.00 bits per heavy atom. The predicted octanol–water partition coefficient (Wildman–Crippen LogP) is 3.05. The molecule has 144 valence electrons. The van der Waals surface area contributed by atoms with E-state index >= 15 is 0 Å². The van der Waals surface area contributed by atoms with Crippen molar-refractivity contribution in [3.63, 3.8) is 0 Å². The molecule has 1 atom stereocenters. The van der Waals surface area contributed by atoms with Crippen LogP contribution in [-0.2, 0) is 13.1 Å². The van der Waals surface area contributed by atoms with Crippen molar-refractivity contribution >= 4 is 21.9 Å². The predicted molar refractivity (Wildman–Crippen MR) is 110 cm³/mol. The van der Waals surface area contributed by atoms with Gasteiger partial charge in [0.15, 0.2) is 0 Å². The molecule has 0 saturated heterocycles. The van der Waals surface area contributed by atoms with E-state index in [1.807, 2.05) is 41.0 Å². The van der Waals surface area contributed by atoms with Crippen LogP contribution in [0.25, 0.3) is 21.9 Å². The van der Waals surface area contributed by atoms with Crippen molar-refractivity contribution < 1.29 is 9.84 Å². The van der Waals surface area contributed by atoms with Crippen molar-refractivity contribution in [3.05, 3.63) is 66.0 Å². The summed E-state index contributed by atoms with van der Waals surface area (Å²) in [6.07, 6.45) is 1.24. The summed E-state index contributed by atoms with van der Waals surface area (Å²) in [5, 5.41) is 14.8. The van der Waals surface area contributed by atoms with E-state index in [4.69, 9.17) is 4.74 Å². The first kappa shape index (κ1) is 18.4. The highest BCUT2D eigenvalue weighted by Gasteiger charge is 2.11. The minimum absolute atomic E-state index is 0.460. The quantitative estimate of drug-likeness (QED) is 0.519. The molecule has 1 unspecified atom stereocenters. The molecule has 6 heteroatoms. The third kappa shape index (κ3) is 3.83. The van der Waals surface area contributed by atoms with Gasteiger partial charge in [-0.3, -0.25) is 0 Å². The van der Waals surface area contributed by atoms with Crippen LogP contribution in [0.5, 0.6) is 5.88 Å². The highest BCUT2D eigenvalue weighted by molar-refractivity contribution is 5.81. The molecule has 0 radical (unpaired) electrons. The Labute approximate surface area is 163 Å². The third-order valence-electron chi connectivity index (χ3n) is 4.83. The molecule has 0 bridgehead atoms. The molecular weight excluding hydrogens is 352 g/mol. The van der Waals surface area contributed by atoms with E-state index in [1.54, 1.807) is 13.4 Å². The second-order valence-electron chi connectivity index (χ2n) is 7.02. The molecule has 2 heterocycles. The number of hydrogen-bond donors (Lipinski definition) is 2. The van der Waals surface area contributed by atoms with Gasteiger partial charge in [0.05, 0.1) is 42.6 Å². The van der Waals surface area contributed by atoms with Gasteiger partial charge >= 0.3 is 0 Å². The number of para-hydroxylation sites is 2. The smallest absolute Gasteiger partial charge is 0.218 e. The largest absolute Gasteiger partial charge is 0.481 e. The molecule has 28 heavy (non-hydrogen) atoms. The number of nitrogens with one attached hydrogen (secondary N) is 1. The molecule has 0 aliphatic rings. The first-order valence-electron chi connectivity index (χ1n) is 9.37. The first-order valence-corrected chi connectivity index (χ1v) is 9.37. The van der Waals surface area contributed by atoms with Crippen LogP contribution in [-0.4, -0.2) is 39.4 Å². The molecule has 2 N–H and O–H groups in total. The van der Waals surface area contributed by atoms with Gasteiger partial charge in [-0.2, -0.15) is 0 Å². The maximum Gasteiger partial charge on any atom is 0.218 e. The molecule has 2 aromatic heterocycles. The minimum atomic E-state index is -0.528. The van der Waals surface area contributed by atoms with Crippen molar-refractivity contribution in [2.24, 2.45) is 0 Å². The van der Waals surface area contributed by atoms with Crippen LogP contribution in [0.2, 0.25) is 0 Å². The van der Waals surface area contributed by atoms with Crippen molar-refractivity contribution in [1.82, 2.24) is 19.9 Å². The number of aryl methyl sites for hydroxylation is 1. The molecule has 0 fully saturated rings. The number of rotatable bonds is 7. The Balaban J connectivity index is 1.41. The van der Waals surface area contributed by atoms with Gasteiger partial charge in [0.25, 0.3) is 0 Å². The molecule has 0 spiro atoms. The van der Waals surface area contributed by atoms with Crippen molar-refractivity contribution in [2.75, 3.05) is 13.7 Å². The van der Waals surface area contributed by atoms with Gasteiger partial charge in [-0.05, 0) is 37.3 Å². The summed E-state index contributed by atoms with van der Waals surface area (Å²) in [5.74, 6) is 0.610. The Kier molecular flexibility index (Phi) is 5.23. The van der Waals surface area contributed by atoms with Gasteiger partial charge in [0, 0.05) is 24.0 Å². The highest BCUT2D eigenvalue weighted by atomic mass is 16.5. The number of methoxy groups -OCH3 is 1. The van der Waals surface area contributed by atoms with Crippen LogP contribution >= 0.6 is 0 Å². The molecule has 0 aliphatic heterocycles. The number of nitrogens with zero attached hydrogens (tertiary/aromatic N) is 3. The number of ether oxygens (including phenoxy) is 1. The fraction of sp³-hybridized carbons (Fsp3) is 0.273. The lowest BCUT2D eigenvalue weighted by molar-refractivity contribution is 0.152. The molecule has 2 aromatic carbocycles. The van der Waals surface area contributed by atoms with Gasteiger partial charge in [0.1, 0.15) is 0 Å². The lowest BCUT2D eigenvalue weighted by atomic mass is 10.1. The number of pyridine rings is 1. The summed E-state index contributed by atoms with van der Waals surface area (Å²) in [6, 6.07) is 16.2. The van der Waals surface area contributed by atoms with Crippen molar-refractivity contribution in [2.45, 2.75) is 26.1 Å². The molecule has 0 amide bonds. The Hall–Kier alpha value is -2.96. The van der Waals surface area contributed by atoms with Crippen molar-refractivity contribution in [3.8, 4) is 5.88 Å². The number of aliphatic hydroxyl groups excluding tert-OH is 1. The number of hydrogen-bond acceptors (Lipinski definition) is 5. The number of fused-ring (bicyclic) bond motifs is 2. The summed E-state index contributed by atoms with van der Waals surface area (Å²) in [6.45, 7) is 3.58. The van der Waals surface area contributed by atoms with Crippen LogP contribution in [0.1, 0.15) is 11.1 Å². The lowest BCUT2D eigenvalue weighted by Gasteiger charge is -2.15. The second-order valence-corrected chi connectivity index (χ2v) is 7.02. The number of benzene rings is 2. The van der Waals surface area contributed by atoms with E-state index in [1.165, 1.54) is 5.56 Å². The summed E-state index contributed by atoms with van der Waals surface area (Å²) >= 11 is 0. The lowest BCUT2D eigenvalue weighted by Crippen LogP contribution is -2.30. The van der Waals surface area contributed by atoms with E-state index < -0.39 is 6.10 Å².